The van der Waals surface area contributed by atoms with Crippen LogP contribution < -0.4 is 5.32 Å². The average Bonchev–Trinajstić information content (AvgIpc) is 2.75. The van der Waals surface area contributed by atoms with Crippen molar-refractivity contribution in [3.63, 3.8) is 0 Å². The highest BCUT2D eigenvalue weighted by atomic mass is 79.9. The van der Waals surface area contributed by atoms with Crippen LogP contribution in [0.25, 0.3) is 0 Å². The van der Waals surface area contributed by atoms with Gasteiger partial charge in [-0.25, -0.2) is 4.98 Å². The number of hydrogen-bond acceptors (Lipinski definition) is 4. The summed E-state index contributed by atoms with van der Waals surface area (Å²) < 4.78 is 0.727. The van der Waals surface area contributed by atoms with Gasteiger partial charge in [-0.05, 0) is 32.0 Å². The molecule has 0 radical (unpaired) electrons. The molecule has 2 aromatic rings. The lowest BCUT2D eigenvalue weighted by Crippen LogP contribution is -2.26. The fraction of sp³-hybridized carbons (Fsp3) is 0.231. The molecule has 0 fully saturated rings. The smallest absolute Gasteiger partial charge is 0.255 e. The van der Waals surface area contributed by atoms with Crippen molar-refractivity contribution >= 4 is 33.2 Å². The maximum absolute atomic E-state index is 12.1. The number of rotatable bonds is 3. The van der Waals surface area contributed by atoms with Gasteiger partial charge >= 0.3 is 0 Å². The van der Waals surface area contributed by atoms with Gasteiger partial charge in [0, 0.05) is 15.5 Å². The monoisotopic (exact) mass is 340 g/mol. The van der Waals surface area contributed by atoms with E-state index in [4.69, 9.17) is 0 Å². The van der Waals surface area contributed by atoms with E-state index in [9.17, 15) is 9.90 Å². The highest BCUT2D eigenvalue weighted by Crippen LogP contribution is 2.24. The van der Waals surface area contributed by atoms with Gasteiger partial charge in [-0.15, -0.1) is 11.3 Å². The van der Waals surface area contributed by atoms with Gasteiger partial charge in [0.1, 0.15) is 10.8 Å². The Hall–Kier alpha value is -1.40. The summed E-state index contributed by atoms with van der Waals surface area (Å²) in [5.41, 5.74) is 0.253. The Bertz CT molecular complexity index is 612. The summed E-state index contributed by atoms with van der Waals surface area (Å²) in [4.78, 5) is 17.4. The molecule has 100 valence electrons. The van der Waals surface area contributed by atoms with Gasteiger partial charge in [-0.1, -0.05) is 15.9 Å². The van der Waals surface area contributed by atoms with Gasteiger partial charge in [0.2, 0.25) is 0 Å². The van der Waals surface area contributed by atoms with E-state index in [1.807, 2.05) is 13.8 Å². The zero-order valence-electron chi connectivity index (χ0n) is 10.5. The van der Waals surface area contributed by atoms with E-state index in [0.29, 0.717) is 0 Å². The van der Waals surface area contributed by atoms with Gasteiger partial charge < -0.3 is 10.4 Å². The number of aryl methyl sites for hydroxylation is 1. The van der Waals surface area contributed by atoms with Crippen molar-refractivity contribution in [3.05, 3.63) is 44.3 Å². The number of amides is 1. The van der Waals surface area contributed by atoms with Crippen LogP contribution in [0.2, 0.25) is 0 Å². The van der Waals surface area contributed by atoms with Crippen LogP contribution in [-0.4, -0.2) is 16.0 Å². The van der Waals surface area contributed by atoms with Crippen LogP contribution in [0.1, 0.15) is 33.2 Å². The minimum atomic E-state index is -0.314. The largest absolute Gasteiger partial charge is 0.507 e. The number of halogens is 1. The number of nitrogens with zero attached hydrogens (tertiary/aromatic N) is 1. The van der Waals surface area contributed by atoms with Gasteiger partial charge in [-0.3, -0.25) is 4.79 Å². The molecule has 1 heterocycles. The van der Waals surface area contributed by atoms with Crippen molar-refractivity contribution in [2.24, 2.45) is 0 Å². The number of aromatic nitrogens is 1. The molecule has 19 heavy (non-hydrogen) atoms. The number of phenols is 1. The first-order valence-corrected chi connectivity index (χ1v) is 7.30. The van der Waals surface area contributed by atoms with Crippen molar-refractivity contribution in [1.82, 2.24) is 10.3 Å². The molecule has 1 atom stereocenters. The summed E-state index contributed by atoms with van der Waals surface area (Å²) in [5.74, 6) is -0.361. The Labute approximate surface area is 123 Å². The molecule has 0 aliphatic carbocycles. The Morgan fingerprint density at radius 3 is 2.84 bits per heavy atom. The molecular formula is C13H13BrN2O2S. The molecule has 0 saturated heterocycles. The van der Waals surface area contributed by atoms with Gasteiger partial charge in [-0.2, -0.15) is 0 Å². The van der Waals surface area contributed by atoms with E-state index in [1.165, 1.54) is 6.07 Å². The third-order valence-corrected chi connectivity index (χ3v) is 4.15. The van der Waals surface area contributed by atoms with E-state index in [2.05, 4.69) is 26.2 Å². The molecule has 0 aliphatic heterocycles. The Morgan fingerprint density at radius 1 is 1.53 bits per heavy atom. The van der Waals surface area contributed by atoms with Gasteiger partial charge in [0.15, 0.2) is 0 Å². The summed E-state index contributed by atoms with van der Waals surface area (Å²) in [6, 6.07) is 4.60. The number of nitrogens with one attached hydrogen (secondary N) is 1. The van der Waals surface area contributed by atoms with Crippen LogP contribution in [0.15, 0.2) is 28.9 Å². The molecule has 2 N–H and O–H groups in total. The van der Waals surface area contributed by atoms with Crippen molar-refractivity contribution in [2.75, 3.05) is 0 Å². The molecule has 0 saturated carbocycles. The maximum Gasteiger partial charge on any atom is 0.255 e. The number of carbonyl (C=O) groups is 1. The molecule has 1 amide bonds. The fourth-order valence-electron chi connectivity index (χ4n) is 1.61. The van der Waals surface area contributed by atoms with Crippen LogP contribution in [0, 0.1) is 6.92 Å². The lowest BCUT2D eigenvalue weighted by atomic mass is 10.2. The zero-order valence-corrected chi connectivity index (χ0v) is 12.9. The Kier molecular flexibility index (Phi) is 4.21. The number of aromatic hydroxyl groups is 1. The second-order valence-corrected chi connectivity index (χ2v) is 6.35. The predicted molar refractivity (Wildman–Crippen MR) is 78.5 cm³/mol. The summed E-state index contributed by atoms with van der Waals surface area (Å²) in [5, 5.41) is 13.4. The Morgan fingerprint density at radius 2 is 2.26 bits per heavy atom. The van der Waals surface area contributed by atoms with E-state index in [-0.39, 0.29) is 23.3 Å². The van der Waals surface area contributed by atoms with Crippen molar-refractivity contribution in [3.8, 4) is 5.75 Å². The highest BCUT2D eigenvalue weighted by molar-refractivity contribution is 9.10. The van der Waals surface area contributed by atoms with E-state index in [0.717, 1.165) is 14.4 Å². The normalized spacial score (nSPS) is 12.2. The molecule has 4 nitrogen and oxygen atoms in total. The lowest BCUT2D eigenvalue weighted by Gasteiger charge is -2.12. The van der Waals surface area contributed by atoms with Crippen molar-refractivity contribution in [2.45, 2.75) is 19.9 Å². The third-order valence-electron chi connectivity index (χ3n) is 2.56. The topological polar surface area (TPSA) is 62.2 Å². The lowest BCUT2D eigenvalue weighted by molar-refractivity contribution is 0.0937. The van der Waals surface area contributed by atoms with Gasteiger partial charge in [0.05, 0.1) is 11.6 Å². The second-order valence-electron chi connectivity index (χ2n) is 4.17. The second kappa shape index (κ2) is 5.71. The molecule has 0 bridgehead atoms. The van der Waals surface area contributed by atoms with Crippen LogP contribution in [-0.2, 0) is 0 Å². The summed E-state index contributed by atoms with van der Waals surface area (Å²) in [7, 11) is 0. The molecule has 6 heteroatoms. The van der Waals surface area contributed by atoms with E-state index in [1.54, 1.807) is 29.7 Å². The molecule has 0 aliphatic rings. The van der Waals surface area contributed by atoms with Crippen LogP contribution in [0.5, 0.6) is 5.75 Å². The van der Waals surface area contributed by atoms with Crippen LogP contribution in [0.3, 0.4) is 0 Å². The maximum atomic E-state index is 12.1. The van der Waals surface area contributed by atoms with Gasteiger partial charge in [0.25, 0.3) is 5.91 Å². The van der Waals surface area contributed by atoms with Crippen molar-refractivity contribution in [1.29, 1.82) is 0 Å². The van der Waals surface area contributed by atoms with Crippen LogP contribution >= 0.6 is 27.3 Å². The average molecular weight is 341 g/mol. The first kappa shape index (κ1) is 14.0. The molecular weight excluding hydrogens is 328 g/mol. The number of benzene rings is 1. The standard InChI is InChI=1S/C13H13BrN2O2S/c1-7-6-15-13(19-7)8(2)16-12(18)10-4-3-9(14)5-11(10)17/h3-6,8,17H,1-2H3,(H,16,18). The van der Waals surface area contributed by atoms with Crippen molar-refractivity contribution < 1.29 is 9.90 Å². The molecule has 1 unspecified atom stereocenters. The number of thiazole rings is 1. The fourth-order valence-corrected chi connectivity index (χ4v) is 2.73. The number of phenolic OH excluding ortho intramolecular Hbond substituents is 1. The first-order valence-electron chi connectivity index (χ1n) is 5.69. The zero-order chi connectivity index (χ0) is 14.0. The predicted octanol–water partition coefficient (Wildman–Crippen LogP) is 3.41. The van der Waals surface area contributed by atoms with E-state index < -0.39 is 0 Å². The summed E-state index contributed by atoms with van der Waals surface area (Å²) in [6.45, 7) is 3.84. The van der Waals surface area contributed by atoms with Crippen LogP contribution in [0.4, 0.5) is 0 Å². The molecule has 2 rings (SSSR count). The SMILES string of the molecule is Cc1cnc(C(C)NC(=O)c2ccc(Br)cc2O)s1. The molecule has 1 aromatic carbocycles. The summed E-state index contributed by atoms with van der Waals surface area (Å²) in [6.07, 6.45) is 1.78. The van der Waals surface area contributed by atoms with E-state index >= 15 is 0 Å². The quantitative estimate of drug-likeness (QED) is 0.899. The minimum absolute atomic E-state index is 0.0469. The minimum Gasteiger partial charge on any atom is -0.507 e. The Balaban J connectivity index is 2.12. The third kappa shape index (κ3) is 3.33. The first-order chi connectivity index (χ1) is 8.97. The molecule has 1 aromatic heterocycles. The molecule has 0 spiro atoms. The number of hydrogen-bond donors (Lipinski definition) is 2. The summed E-state index contributed by atoms with van der Waals surface area (Å²) >= 11 is 4.78. The number of carbonyl (C=O) groups excluding carboxylic acids is 1. The highest BCUT2D eigenvalue weighted by Gasteiger charge is 2.16.